The first-order chi connectivity index (χ1) is 18.5. The molecule has 11 heteroatoms. The topological polar surface area (TPSA) is 89.8 Å². The van der Waals surface area contributed by atoms with E-state index in [2.05, 4.69) is 4.74 Å². The number of ether oxygens (including phenoxy) is 3. The molecule has 0 aliphatic heterocycles. The Morgan fingerprint density at radius 3 is 2.25 bits per heavy atom. The van der Waals surface area contributed by atoms with Gasteiger partial charge in [0.25, 0.3) is 0 Å². The summed E-state index contributed by atoms with van der Waals surface area (Å²) in [6.45, 7) is 3.53. The SMILES string of the molecule is CCC(Oc1cccc(Cn2c(C)c(C(=O)c3ccc(OC)cc3)c3ccc(OC(F)(F)F)cc32)c1)C(=O)[O-].[Na+]. The molecule has 0 bridgehead atoms. The van der Waals surface area contributed by atoms with Gasteiger partial charge in [-0.05, 0) is 67.4 Å². The number of aliphatic carboxylic acids is 1. The molecule has 4 rings (SSSR count). The summed E-state index contributed by atoms with van der Waals surface area (Å²) in [5, 5.41) is 11.7. The van der Waals surface area contributed by atoms with E-state index in [0.717, 1.165) is 0 Å². The minimum atomic E-state index is -4.89. The summed E-state index contributed by atoms with van der Waals surface area (Å²) >= 11 is 0. The van der Waals surface area contributed by atoms with E-state index in [-0.39, 0.29) is 48.3 Å². The maximum absolute atomic E-state index is 13.6. The molecule has 0 saturated carbocycles. The van der Waals surface area contributed by atoms with E-state index in [1.165, 1.54) is 25.3 Å². The van der Waals surface area contributed by atoms with Crippen LogP contribution in [0.1, 0.15) is 40.5 Å². The van der Waals surface area contributed by atoms with Gasteiger partial charge in [-0.15, -0.1) is 13.2 Å². The summed E-state index contributed by atoms with van der Waals surface area (Å²) in [7, 11) is 1.51. The molecule has 1 aromatic heterocycles. The van der Waals surface area contributed by atoms with Gasteiger partial charge in [-0.25, -0.2) is 0 Å². The van der Waals surface area contributed by atoms with E-state index in [1.54, 1.807) is 66.9 Å². The number of benzene rings is 3. The van der Waals surface area contributed by atoms with E-state index < -0.39 is 24.2 Å². The van der Waals surface area contributed by atoms with E-state index in [1.807, 2.05) is 0 Å². The maximum atomic E-state index is 13.6. The minimum absolute atomic E-state index is 0. The number of ketones is 1. The second-order valence-corrected chi connectivity index (χ2v) is 8.81. The molecular formula is C29H25F3NNaO6. The van der Waals surface area contributed by atoms with Gasteiger partial charge in [0.2, 0.25) is 0 Å². The number of carbonyl (C=O) groups excluding carboxylic acids is 2. The molecule has 0 fully saturated rings. The van der Waals surface area contributed by atoms with Crippen LogP contribution in [-0.4, -0.2) is 35.9 Å². The molecule has 1 heterocycles. The Morgan fingerprint density at radius 1 is 0.975 bits per heavy atom. The summed E-state index contributed by atoms with van der Waals surface area (Å²) in [6, 6.07) is 17.1. The fraction of sp³-hybridized carbons (Fsp3) is 0.241. The second kappa shape index (κ2) is 12.8. The molecule has 3 aromatic carbocycles. The number of fused-ring (bicyclic) bond motifs is 1. The molecule has 7 nitrogen and oxygen atoms in total. The van der Waals surface area contributed by atoms with Gasteiger partial charge >= 0.3 is 35.9 Å². The quantitative estimate of drug-likeness (QED) is 0.217. The Kier molecular flexibility index (Phi) is 9.94. The van der Waals surface area contributed by atoms with Crippen molar-refractivity contribution in [3.63, 3.8) is 0 Å². The van der Waals surface area contributed by atoms with Gasteiger partial charge in [0.15, 0.2) is 5.78 Å². The van der Waals surface area contributed by atoms with Crippen LogP contribution >= 0.6 is 0 Å². The van der Waals surface area contributed by atoms with Crippen molar-refractivity contribution in [2.45, 2.75) is 39.3 Å². The van der Waals surface area contributed by atoms with Crippen LogP contribution in [0.15, 0.2) is 66.7 Å². The van der Waals surface area contributed by atoms with Gasteiger partial charge in [0, 0.05) is 29.3 Å². The molecule has 0 saturated heterocycles. The number of methoxy groups -OCH3 is 1. The third-order valence-electron chi connectivity index (χ3n) is 6.26. The Morgan fingerprint density at radius 2 is 1.65 bits per heavy atom. The van der Waals surface area contributed by atoms with Crippen molar-refractivity contribution >= 4 is 22.7 Å². The zero-order valence-electron chi connectivity index (χ0n) is 22.4. The molecule has 40 heavy (non-hydrogen) atoms. The third-order valence-corrected chi connectivity index (χ3v) is 6.26. The van der Waals surface area contributed by atoms with Crippen LogP contribution in [0.4, 0.5) is 13.2 Å². The van der Waals surface area contributed by atoms with Crippen molar-refractivity contribution in [1.82, 2.24) is 4.57 Å². The number of aromatic nitrogens is 1. The van der Waals surface area contributed by atoms with E-state index in [4.69, 9.17) is 9.47 Å². The molecule has 4 aromatic rings. The van der Waals surface area contributed by atoms with Crippen LogP contribution in [0.25, 0.3) is 10.9 Å². The first-order valence-corrected chi connectivity index (χ1v) is 12.0. The standard InChI is InChI=1S/C29H26F3NO6.Na/c1-4-25(28(35)36)38-21-7-5-6-18(14-21)16-33-17(2)26(27(34)19-8-10-20(37-3)11-9-19)23-13-12-22(15-24(23)33)39-29(30,31)32;/h5-15,25H,4,16H2,1-3H3,(H,35,36);/q;+1/p-1. The van der Waals surface area contributed by atoms with Gasteiger partial charge in [-0.3, -0.25) is 4.79 Å². The number of halogens is 3. The number of carbonyl (C=O) groups is 2. The molecule has 1 unspecified atom stereocenters. The van der Waals surface area contributed by atoms with Crippen LogP contribution in [0.2, 0.25) is 0 Å². The number of nitrogens with zero attached hydrogens (tertiary/aromatic N) is 1. The molecule has 0 aliphatic rings. The zero-order chi connectivity index (χ0) is 28.3. The molecule has 1 atom stereocenters. The summed E-state index contributed by atoms with van der Waals surface area (Å²) in [4.78, 5) is 24.9. The average molecular weight is 564 g/mol. The predicted molar refractivity (Wildman–Crippen MR) is 135 cm³/mol. The van der Waals surface area contributed by atoms with Crippen LogP contribution in [0.3, 0.4) is 0 Å². The summed E-state index contributed by atoms with van der Waals surface area (Å²) in [5.74, 6) is -1.19. The number of carboxylic acids is 1. The van der Waals surface area contributed by atoms with Crippen LogP contribution in [-0.2, 0) is 11.3 Å². The maximum Gasteiger partial charge on any atom is 1.00 e. The molecule has 0 aliphatic carbocycles. The zero-order valence-corrected chi connectivity index (χ0v) is 24.4. The van der Waals surface area contributed by atoms with Crippen LogP contribution in [0, 0.1) is 6.92 Å². The Hall–Kier alpha value is -3.47. The van der Waals surface area contributed by atoms with Gasteiger partial charge in [0.1, 0.15) is 23.4 Å². The fourth-order valence-electron chi connectivity index (χ4n) is 4.39. The van der Waals surface area contributed by atoms with Gasteiger partial charge < -0.3 is 28.7 Å². The molecular weight excluding hydrogens is 538 g/mol. The molecule has 0 N–H and O–H groups in total. The largest absolute Gasteiger partial charge is 1.00 e. The van der Waals surface area contributed by atoms with Crippen LogP contribution < -0.4 is 48.9 Å². The van der Waals surface area contributed by atoms with Gasteiger partial charge in [-0.2, -0.15) is 0 Å². The van der Waals surface area contributed by atoms with Crippen molar-refractivity contribution in [3.05, 3.63) is 89.1 Å². The van der Waals surface area contributed by atoms with E-state index >= 15 is 0 Å². The summed E-state index contributed by atoms with van der Waals surface area (Å²) < 4.78 is 55.4. The number of alkyl halides is 3. The Labute approximate surface area is 250 Å². The van der Waals surface area contributed by atoms with E-state index in [0.29, 0.717) is 44.8 Å². The number of hydrogen-bond donors (Lipinski definition) is 0. The predicted octanol–water partition coefficient (Wildman–Crippen LogP) is 2.05. The number of carboxylic acid groups (broad SMARTS) is 1. The molecule has 0 radical (unpaired) electrons. The average Bonchev–Trinajstić information content (AvgIpc) is 3.16. The van der Waals surface area contributed by atoms with Crippen LogP contribution in [0.5, 0.6) is 17.2 Å². The van der Waals surface area contributed by atoms with E-state index in [9.17, 15) is 27.9 Å². The third kappa shape index (κ3) is 6.99. The minimum Gasteiger partial charge on any atom is -0.546 e. The van der Waals surface area contributed by atoms with Gasteiger partial charge in [-0.1, -0.05) is 19.1 Å². The monoisotopic (exact) mass is 563 g/mol. The van der Waals surface area contributed by atoms with Crippen molar-refractivity contribution in [1.29, 1.82) is 0 Å². The smallest absolute Gasteiger partial charge is 0.546 e. The van der Waals surface area contributed by atoms with Crippen molar-refractivity contribution < 1.29 is 71.6 Å². The Balaban J connectivity index is 0.00000441. The molecule has 0 spiro atoms. The van der Waals surface area contributed by atoms with Crippen molar-refractivity contribution in [2.24, 2.45) is 0 Å². The summed E-state index contributed by atoms with van der Waals surface area (Å²) in [5.41, 5.74) is 2.29. The van der Waals surface area contributed by atoms with Crippen molar-refractivity contribution in [2.75, 3.05) is 7.11 Å². The second-order valence-electron chi connectivity index (χ2n) is 8.81. The first kappa shape index (κ1) is 31.1. The number of hydrogen-bond acceptors (Lipinski definition) is 6. The van der Waals surface area contributed by atoms with Gasteiger partial charge in [0.05, 0.1) is 24.2 Å². The number of rotatable bonds is 10. The molecule has 204 valence electrons. The molecule has 0 amide bonds. The normalized spacial score (nSPS) is 11.9. The first-order valence-electron chi connectivity index (χ1n) is 12.0. The summed E-state index contributed by atoms with van der Waals surface area (Å²) in [6.07, 6.45) is -5.82. The van der Waals surface area contributed by atoms with Crippen molar-refractivity contribution in [3.8, 4) is 17.2 Å². The Bertz CT molecular complexity index is 1510. The fourth-order valence-corrected chi connectivity index (χ4v) is 4.39.